The molecule has 1 saturated heterocycles. The largest absolute Gasteiger partial charge is 0.493 e. The van der Waals surface area contributed by atoms with Crippen LogP contribution in [0.2, 0.25) is 0 Å². The molecule has 1 fully saturated rings. The summed E-state index contributed by atoms with van der Waals surface area (Å²) < 4.78 is 22.3. The predicted octanol–water partition coefficient (Wildman–Crippen LogP) is 7.60. The zero-order valence-electron chi connectivity index (χ0n) is 23.8. The number of benzene rings is 4. The molecule has 1 atom stereocenters. The fourth-order valence-corrected chi connectivity index (χ4v) is 5.24. The molecule has 214 valence electrons. The topological polar surface area (TPSA) is 74.4 Å². The van der Waals surface area contributed by atoms with Crippen molar-refractivity contribution in [3.8, 4) is 28.4 Å². The first-order valence-corrected chi connectivity index (χ1v) is 14.7. The third-order valence-electron chi connectivity index (χ3n) is 7.71. The number of carbonyl (C=O) groups is 2. The second-order valence-electron chi connectivity index (χ2n) is 10.9. The van der Waals surface area contributed by atoms with Gasteiger partial charge in [-0.15, -0.1) is 0 Å². The van der Waals surface area contributed by atoms with E-state index in [1.54, 1.807) is 24.3 Å². The van der Waals surface area contributed by atoms with E-state index in [2.05, 4.69) is 6.92 Å². The minimum atomic E-state index is -0.424. The predicted molar refractivity (Wildman–Crippen MR) is 161 cm³/mol. The molecule has 0 radical (unpaired) electrons. The highest BCUT2D eigenvalue weighted by Gasteiger charge is 2.23. The first kappa shape index (κ1) is 27.7. The van der Waals surface area contributed by atoms with Crippen LogP contribution in [0.5, 0.6) is 17.2 Å². The molecule has 1 aliphatic heterocycles. The molecule has 1 unspecified atom stereocenters. The lowest BCUT2D eigenvalue weighted by atomic mass is 10.1. The van der Waals surface area contributed by atoms with Crippen molar-refractivity contribution in [1.82, 2.24) is 0 Å². The van der Waals surface area contributed by atoms with Crippen molar-refractivity contribution in [1.29, 1.82) is 0 Å². The molecule has 4 aromatic rings. The van der Waals surface area contributed by atoms with Gasteiger partial charge in [0.05, 0.1) is 30.4 Å². The average Bonchev–Trinajstić information content (AvgIpc) is 3.76. The third-order valence-corrected chi connectivity index (χ3v) is 7.71. The number of fused-ring (bicyclic) bond motifs is 3. The number of hydrogen-bond donors (Lipinski definition) is 0. The molecule has 1 heterocycles. The molecule has 0 N–H and O–H groups in total. The molecule has 6 nitrogen and oxygen atoms in total. The summed E-state index contributed by atoms with van der Waals surface area (Å²) in [7, 11) is 0. The molecular formula is C36H34O6. The molecule has 0 saturated carbocycles. The van der Waals surface area contributed by atoms with Gasteiger partial charge in [0.15, 0.2) is 0 Å². The third kappa shape index (κ3) is 6.72. The summed E-state index contributed by atoms with van der Waals surface area (Å²) in [6, 6.07) is 26.1. The maximum Gasteiger partial charge on any atom is 0.343 e. The fraction of sp³-hybridized carbons (Fsp3) is 0.278. The van der Waals surface area contributed by atoms with Gasteiger partial charge in [-0.1, -0.05) is 44.0 Å². The van der Waals surface area contributed by atoms with Crippen molar-refractivity contribution < 1.29 is 28.5 Å². The van der Waals surface area contributed by atoms with Crippen LogP contribution in [0.3, 0.4) is 0 Å². The molecular weight excluding hydrogens is 528 g/mol. The normalized spacial score (nSPS) is 14.5. The molecule has 6 heteroatoms. The van der Waals surface area contributed by atoms with Gasteiger partial charge in [0, 0.05) is 6.42 Å². The smallest absolute Gasteiger partial charge is 0.343 e. The summed E-state index contributed by atoms with van der Waals surface area (Å²) in [6.45, 7) is 3.59. The summed E-state index contributed by atoms with van der Waals surface area (Å²) in [4.78, 5) is 25.5. The zero-order chi connectivity index (χ0) is 28.9. The Balaban J connectivity index is 1.05. The van der Waals surface area contributed by atoms with Crippen molar-refractivity contribution in [2.75, 3.05) is 13.2 Å². The number of esters is 2. The van der Waals surface area contributed by atoms with E-state index in [4.69, 9.17) is 18.9 Å². The first-order chi connectivity index (χ1) is 20.6. The highest BCUT2D eigenvalue weighted by Crippen LogP contribution is 2.40. The highest BCUT2D eigenvalue weighted by atomic mass is 16.6. The zero-order valence-corrected chi connectivity index (χ0v) is 23.8. The van der Waals surface area contributed by atoms with E-state index in [0.717, 1.165) is 48.1 Å². The van der Waals surface area contributed by atoms with Crippen LogP contribution in [0.15, 0.2) is 84.9 Å². The second-order valence-corrected chi connectivity index (χ2v) is 10.9. The van der Waals surface area contributed by atoms with Crippen LogP contribution in [0.4, 0.5) is 0 Å². The van der Waals surface area contributed by atoms with Crippen LogP contribution in [-0.2, 0) is 17.6 Å². The summed E-state index contributed by atoms with van der Waals surface area (Å²) in [5.74, 6) is 0.918. The van der Waals surface area contributed by atoms with Gasteiger partial charge < -0.3 is 18.9 Å². The number of epoxide rings is 1. The van der Waals surface area contributed by atoms with Crippen molar-refractivity contribution in [3.63, 3.8) is 0 Å². The maximum atomic E-state index is 12.8. The van der Waals surface area contributed by atoms with Crippen LogP contribution >= 0.6 is 0 Å². The lowest BCUT2D eigenvalue weighted by Crippen LogP contribution is -2.08. The van der Waals surface area contributed by atoms with Gasteiger partial charge >= 0.3 is 11.9 Å². The van der Waals surface area contributed by atoms with Crippen molar-refractivity contribution in [2.45, 2.75) is 51.6 Å². The molecule has 4 aromatic carbocycles. The second kappa shape index (κ2) is 12.6. The summed E-state index contributed by atoms with van der Waals surface area (Å²) in [5, 5.41) is 0. The van der Waals surface area contributed by atoms with Crippen LogP contribution in [0.1, 0.15) is 70.0 Å². The Morgan fingerprint density at radius 2 is 1.29 bits per heavy atom. The summed E-state index contributed by atoms with van der Waals surface area (Å²) in [5.41, 5.74) is 6.51. The molecule has 0 amide bonds. The number of rotatable bonds is 12. The van der Waals surface area contributed by atoms with E-state index < -0.39 is 5.97 Å². The molecule has 0 spiro atoms. The van der Waals surface area contributed by atoms with Gasteiger partial charge in [-0.2, -0.15) is 0 Å². The van der Waals surface area contributed by atoms with Gasteiger partial charge in [0.25, 0.3) is 0 Å². The molecule has 1 aliphatic carbocycles. The summed E-state index contributed by atoms with van der Waals surface area (Å²) in [6.07, 6.45) is 6.43. The number of unbranched alkanes of at least 4 members (excludes halogenated alkanes) is 2. The maximum absolute atomic E-state index is 12.8. The van der Waals surface area contributed by atoms with Crippen molar-refractivity contribution in [2.24, 2.45) is 0 Å². The van der Waals surface area contributed by atoms with Crippen LogP contribution in [0, 0.1) is 0 Å². The number of ether oxygens (including phenoxy) is 4. The molecule has 6 rings (SSSR count). The van der Waals surface area contributed by atoms with E-state index in [0.29, 0.717) is 47.5 Å². The molecule has 0 bridgehead atoms. The standard InChI is InChI=1S/C36H34O6/c1-2-3-4-5-24-6-8-25(9-7-24)35(37)41-30-14-16-33-27(21-30)20-28-22-31(15-17-34(28)33)42-36(38)26-10-12-29(13-11-26)39-19-18-32-23-40-32/h6-17,21-22,32H,2-5,18-20,23H2,1H3. The van der Waals surface area contributed by atoms with Gasteiger partial charge in [-0.25, -0.2) is 9.59 Å². The van der Waals surface area contributed by atoms with Gasteiger partial charge in [-0.3, -0.25) is 0 Å². The van der Waals surface area contributed by atoms with E-state index in [1.165, 1.54) is 18.4 Å². The SMILES string of the molecule is CCCCCc1ccc(C(=O)Oc2ccc3c(c2)Cc2cc(OC(=O)c4ccc(OCCC5CO5)cc4)ccc2-3)cc1. The van der Waals surface area contributed by atoms with Crippen LogP contribution in [-0.4, -0.2) is 31.3 Å². The lowest BCUT2D eigenvalue weighted by Gasteiger charge is -2.09. The van der Waals surface area contributed by atoms with Gasteiger partial charge in [-0.05, 0) is 108 Å². The Bertz CT molecular complexity index is 1570. The first-order valence-electron chi connectivity index (χ1n) is 14.7. The summed E-state index contributed by atoms with van der Waals surface area (Å²) >= 11 is 0. The molecule has 2 aliphatic rings. The highest BCUT2D eigenvalue weighted by molar-refractivity contribution is 5.92. The Kier molecular flexibility index (Phi) is 8.33. The Morgan fingerprint density at radius 3 is 1.83 bits per heavy atom. The van der Waals surface area contributed by atoms with Crippen molar-refractivity contribution >= 4 is 11.9 Å². The van der Waals surface area contributed by atoms with E-state index >= 15 is 0 Å². The lowest BCUT2D eigenvalue weighted by molar-refractivity contribution is 0.0725. The van der Waals surface area contributed by atoms with E-state index in [1.807, 2.05) is 60.7 Å². The number of aryl methyl sites for hydroxylation is 1. The monoisotopic (exact) mass is 562 g/mol. The van der Waals surface area contributed by atoms with E-state index in [9.17, 15) is 9.59 Å². The Hall–Kier alpha value is -4.42. The van der Waals surface area contributed by atoms with Gasteiger partial charge in [0.2, 0.25) is 0 Å². The van der Waals surface area contributed by atoms with Crippen LogP contribution in [0.25, 0.3) is 11.1 Å². The molecule has 0 aromatic heterocycles. The number of carbonyl (C=O) groups excluding carboxylic acids is 2. The number of hydrogen-bond acceptors (Lipinski definition) is 6. The minimum Gasteiger partial charge on any atom is -0.493 e. The quantitative estimate of drug-likeness (QED) is 0.0675. The van der Waals surface area contributed by atoms with E-state index in [-0.39, 0.29) is 5.97 Å². The molecule has 42 heavy (non-hydrogen) atoms. The Labute approximate surface area is 246 Å². The van der Waals surface area contributed by atoms with Crippen molar-refractivity contribution in [3.05, 3.63) is 113 Å². The van der Waals surface area contributed by atoms with Gasteiger partial charge in [0.1, 0.15) is 17.2 Å². The fourth-order valence-electron chi connectivity index (χ4n) is 5.24. The van der Waals surface area contributed by atoms with Crippen LogP contribution < -0.4 is 14.2 Å². The average molecular weight is 563 g/mol. The Morgan fingerprint density at radius 1 is 0.738 bits per heavy atom. The minimum absolute atomic E-state index is 0.326.